The van der Waals surface area contributed by atoms with E-state index in [-0.39, 0.29) is 16.2 Å². The van der Waals surface area contributed by atoms with Crippen LogP contribution in [0.4, 0.5) is 18.9 Å². The Morgan fingerprint density at radius 1 is 1.06 bits per heavy atom. The molecule has 8 nitrogen and oxygen atoms in total. The molecule has 1 fully saturated rings. The molecular formula is C20H19F3N2O6S. The number of sulfonamides is 1. The van der Waals surface area contributed by atoms with Gasteiger partial charge in [-0.3, -0.25) is 4.79 Å². The van der Waals surface area contributed by atoms with Gasteiger partial charge in [0.1, 0.15) is 10.6 Å². The van der Waals surface area contributed by atoms with Crippen LogP contribution in [0.3, 0.4) is 0 Å². The fourth-order valence-electron chi connectivity index (χ4n) is 3.10. The highest BCUT2D eigenvalue weighted by Crippen LogP contribution is 2.30. The van der Waals surface area contributed by atoms with Gasteiger partial charge in [-0.15, -0.1) is 0 Å². The molecule has 0 spiro atoms. The zero-order valence-corrected chi connectivity index (χ0v) is 17.7. The maximum atomic E-state index is 13.6. The number of esters is 1. The van der Waals surface area contributed by atoms with Gasteiger partial charge in [-0.1, -0.05) is 0 Å². The molecule has 0 aliphatic carbocycles. The first-order valence-corrected chi connectivity index (χ1v) is 10.9. The lowest BCUT2D eigenvalue weighted by Gasteiger charge is -2.18. The SMILES string of the molecule is COc1ccc(C(=O)OCC(=O)Nc2ccc(F)c(F)c2F)cc1S(=O)(=O)N1CCCC1. The zero-order chi connectivity index (χ0) is 23.5. The second kappa shape index (κ2) is 9.57. The lowest BCUT2D eigenvalue weighted by molar-refractivity contribution is -0.119. The molecule has 0 radical (unpaired) electrons. The number of nitrogens with one attached hydrogen (secondary N) is 1. The summed E-state index contributed by atoms with van der Waals surface area (Å²) in [6, 6.07) is 5.07. The highest BCUT2D eigenvalue weighted by Gasteiger charge is 2.31. The van der Waals surface area contributed by atoms with E-state index in [1.54, 1.807) is 0 Å². The first-order valence-electron chi connectivity index (χ1n) is 9.44. The Hall–Kier alpha value is -3.12. The minimum atomic E-state index is -3.91. The van der Waals surface area contributed by atoms with Crippen LogP contribution in [-0.4, -0.2) is 51.4 Å². The molecule has 2 aromatic rings. The van der Waals surface area contributed by atoms with Crippen LogP contribution in [0.5, 0.6) is 5.75 Å². The van der Waals surface area contributed by atoms with Crippen LogP contribution in [0.2, 0.25) is 0 Å². The molecule has 2 aromatic carbocycles. The van der Waals surface area contributed by atoms with Crippen LogP contribution in [0.25, 0.3) is 0 Å². The molecule has 0 bridgehead atoms. The highest BCUT2D eigenvalue weighted by molar-refractivity contribution is 7.89. The summed E-state index contributed by atoms with van der Waals surface area (Å²) in [6.07, 6.45) is 1.44. The standard InChI is InChI=1S/C20H19F3N2O6S/c1-30-15-7-4-12(10-16(15)32(28,29)25-8-2-3-9-25)20(27)31-11-17(26)24-14-6-5-13(21)18(22)19(14)23/h4-7,10H,2-3,8-9,11H2,1H3,(H,24,26). The van der Waals surface area contributed by atoms with Gasteiger partial charge in [-0.2, -0.15) is 4.31 Å². The summed E-state index contributed by atoms with van der Waals surface area (Å²) in [5.74, 6) is -6.78. The normalized spacial score (nSPS) is 14.2. The van der Waals surface area contributed by atoms with Crippen molar-refractivity contribution in [3.05, 3.63) is 53.3 Å². The third kappa shape index (κ3) is 4.86. The van der Waals surface area contributed by atoms with Gasteiger partial charge >= 0.3 is 5.97 Å². The molecule has 1 heterocycles. The number of carbonyl (C=O) groups excluding carboxylic acids is 2. The van der Waals surface area contributed by atoms with E-state index < -0.39 is 51.6 Å². The average Bonchev–Trinajstić information content (AvgIpc) is 3.33. The number of benzene rings is 2. The highest BCUT2D eigenvalue weighted by atomic mass is 32.2. The lowest BCUT2D eigenvalue weighted by Crippen LogP contribution is -2.28. The molecule has 1 N–H and O–H groups in total. The molecule has 32 heavy (non-hydrogen) atoms. The first-order chi connectivity index (χ1) is 15.1. The topological polar surface area (TPSA) is 102 Å². The Bertz CT molecular complexity index is 1150. The van der Waals surface area contributed by atoms with Crippen molar-refractivity contribution >= 4 is 27.6 Å². The Morgan fingerprint density at radius 2 is 1.75 bits per heavy atom. The summed E-state index contributed by atoms with van der Waals surface area (Å²) in [4.78, 5) is 24.0. The van der Waals surface area contributed by atoms with Crippen LogP contribution in [0.15, 0.2) is 35.2 Å². The predicted octanol–water partition coefficient (Wildman–Crippen LogP) is 2.69. The van der Waals surface area contributed by atoms with Gasteiger partial charge < -0.3 is 14.8 Å². The molecule has 0 saturated carbocycles. The van der Waals surface area contributed by atoms with Gasteiger partial charge in [0.05, 0.1) is 18.4 Å². The molecule has 1 aliphatic rings. The van der Waals surface area contributed by atoms with Crippen LogP contribution in [0.1, 0.15) is 23.2 Å². The lowest BCUT2D eigenvalue weighted by atomic mass is 10.2. The van der Waals surface area contributed by atoms with Crippen molar-refractivity contribution < 1.29 is 40.7 Å². The molecule has 0 atom stereocenters. The number of ether oxygens (including phenoxy) is 2. The number of anilines is 1. The van der Waals surface area contributed by atoms with Crippen molar-refractivity contribution in [1.29, 1.82) is 0 Å². The molecule has 1 aliphatic heterocycles. The molecule has 12 heteroatoms. The summed E-state index contributed by atoms with van der Waals surface area (Å²) in [6.45, 7) is -0.181. The summed E-state index contributed by atoms with van der Waals surface area (Å²) in [5.41, 5.74) is -0.788. The van der Waals surface area contributed by atoms with Crippen LogP contribution < -0.4 is 10.1 Å². The molecule has 172 valence electrons. The molecule has 1 saturated heterocycles. The van der Waals surface area contributed by atoms with E-state index in [2.05, 4.69) is 0 Å². The quantitative estimate of drug-likeness (QED) is 0.491. The third-order valence-electron chi connectivity index (χ3n) is 4.73. The van der Waals surface area contributed by atoms with E-state index >= 15 is 0 Å². The largest absolute Gasteiger partial charge is 0.495 e. The van der Waals surface area contributed by atoms with Gasteiger partial charge in [0.25, 0.3) is 5.91 Å². The number of hydrogen-bond acceptors (Lipinski definition) is 6. The van der Waals surface area contributed by atoms with Gasteiger partial charge in [0.15, 0.2) is 24.1 Å². The number of carbonyl (C=O) groups is 2. The Balaban J connectivity index is 1.71. The summed E-state index contributed by atoms with van der Waals surface area (Å²) in [7, 11) is -2.62. The smallest absolute Gasteiger partial charge is 0.338 e. The second-order valence-electron chi connectivity index (χ2n) is 6.82. The van der Waals surface area contributed by atoms with E-state index in [4.69, 9.17) is 9.47 Å². The third-order valence-corrected chi connectivity index (χ3v) is 6.65. The zero-order valence-electron chi connectivity index (χ0n) is 16.9. The minimum absolute atomic E-state index is 0.0417. The Morgan fingerprint density at radius 3 is 2.41 bits per heavy atom. The fraction of sp³-hybridized carbons (Fsp3) is 0.300. The fourth-order valence-corrected chi connectivity index (χ4v) is 4.79. The van der Waals surface area contributed by atoms with Crippen LogP contribution in [0, 0.1) is 17.5 Å². The molecule has 3 rings (SSSR count). The number of halogens is 3. The maximum Gasteiger partial charge on any atom is 0.338 e. The van der Waals surface area contributed by atoms with Gasteiger partial charge in [-0.25, -0.2) is 26.4 Å². The molecule has 1 amide bonds. The molecule has 0 unspecified atom stereocenters. The second-order valence-corrected chi connectivity index (χ2v) is 8.73. The molecule has 0 aromatic heterocycles. The number of hydrogen-bond donors (Lipinski definition) is 1. The monoisotopic (exact) mass is 472 g/mol. The predicted molar refractivity (Wildman–Crippen MR) is 106 cm³/mol. The minimum Gasteiger partial charge on any atom is -0.495 e. The van der Waals surface area contributed by atoms with Gasteiger partial charge in [0.2, 0.25) is 10.0 Å². The number of rotatable bonds is 7. The van der Waals surface area contributed by atoms with E-state index in [1.165, 1.54) is 23.5 Å². The Kier molecular flexibility index (Phi) is 7.04. The summed E-state index contributed by atoms with van der Waals surface area (Å²) < 4.78 is 76.8. The molecular weight excluding hydrogens is 453 g/mol. The summed E-state index contributed by atoms with van der Waals surface area (Å²) in [5, 5.41) is 1.96. The Labute approximate surface area is 182 Å². The van der Waals surface area contributed by atoms with Crippen LogP contribution >= 0.6 is 0 Å². The number of nitrogens with zero attached hydrogens (tertiary/aromatic N) is 1. The van der Waals surface area contributed by atoms with E-state index in [0.29, 0.717) is 19.2 Å². The van der Waals surface area contributed by atoms with Crippen molar-refractivity contribution in [2.75, 3.05) is 32.1 Å². The van der Waals surface area contributed by atoms with Crippen molar-refractivity contribution in [3.8, 4) is 5.75 Å². The number of amides is 1. The van der Waals surface area contributed by atoms with E-state index in [0.717, 1.165) is 25.0 Å². The van der Waals surface area contributed by atoms with Crippen molar-refractivity contribution in [3.63, 3.8) is 0 Å². The average molecular weight is 472 g/mol. The summed E-state index contributed by atoms with van der Waals surface area (Å²) >= 11 is 0. The van der Waals surface area contributed by atoms with Gasteiger partial charge in [-0.05, 0) is 43.2 Å². The van der Waals surface area contributed by atoms with E-state index in [1.807, 2.05) is 5.32 Å². The van der Waals surface area contributed by atoms with Crippen molar-refractivity contribution in [2.24, 2.45) is 0 Å². The van der Waals surface area contributed by atoms with Gasteiger partial charge in [0, 0.05) is 13.1 Å². The number of methoxy groups -OCH3 is 1. The van der Waals surface area contributed by atoms with E-state index in [9.17, 15) is 31.2 Å². The maximum absolute atomic E-state index is 13.6. The van der Waals surface area contributed by atoms with Crippen molar-refractivity contribution in [1.82, 2.24) is 4.31 Å². The van der Waals surface area contributed by atoms with Crippen LogP contribution in [-0.2, 0) is 19.6 Å². The van der Waals surface area contributed by atoms with Crippen molar-refractivity contribution in [2.45, 2.75) is 17.7 Å². The first kappa shape index (κ1) is 23.5.